The average molecular weight is 479 g/mol. The molecule has 0 bridgehead atoms. The van der Waals surface area contributed by atoms with Gasteiger partial charge in [-0.3, -0.25) is 14.4 Å². The van der Waals surface area contributed by atoms with Crippen LogP contribution < -0.4 is 4.90 Å². The number of carbonyl (C=O) groups excluding carboxylic acids is 3. The summed E-state index contributed by atoms with van der Waals surface area (Å²) in [6.07, 6.45) is 5.12. The highest BCUT2D eigenvalue weighted by atomic mass is 35.5. The summed E-state index contributed by atoms with van der Waals surface area (Å²) in [5, 5.41) is 0.588. The number of amides is 2. The first-order valence-electron chi connectivity index (χ1n) is 10.4. The summed E-state index contributed by atoms with van der Waals surface area (Å²) in [5.74, 6) is -2.67. The van der Waals surface area contributed by atoms with Crippen molar-refractivity contribution >= 4 is 52.6 Å². The van der Waals surface area contributed by atoms with Crippen molar-refractivity contribution < 1.29 is 18.8 Å². The number of rotatable bonds is 3. The minimum atomic E-state index is -0.886. The zero-order valence-corrected chi connectivity index (χ0v) is 18.5. The van der Waals surface area contributed by atoms with Crippen molar-refractivity contribution in [2.75, 3.05) is 4.90 Å². The fraction of sp³-hybridized carbons (Fsp3) is 0.160. The van der Waals surface area contributed by atoms with Crippen LogP contribution >= 0.6 is 23.2 Å². The summed E-state index contributed by atoms with van der Waals surface area (Å²) in [7, 11) is 0. The molecule has 3 aromatic rings. The predicted octanol–water partition coefficient (Wildman–Crippen LogP) is 4.98. The van der Waals surface area contributed by atoms with Crippen molar-refractivity contribution in [2.45, 2.75) is 12.1 Å². The molecule has 164 valence electrons. The Labute approximate surface area is 199 Å². The van der Waals surface area contributed by atoms with Crippen molar-refractivity contribution in [3.05, 3.63) is 94.0 Å². The SMILES string of the molecule is O=C(c1ccco1)[C@@H]1[C@@H]2C(=O)N(c3ccc(Cl)cc3Cl)C(=O)[C@H]2[C@H]2c3ccccc3C=CN12. The van der Waals surface area contributed by atoms with Crippen LogP contribution in [-0.2, 0) is 9.59 Å². The van der Waals surface area contributed by atoms with E-state index in [1.54, 1.807) is 30.5 Å². The largest absolute Gasteiger partial charge is 0.461 e. The second kappa shape index (κ2) is 7.33. The number of Topliss-reactive ketones (excluding diaryl/α,β-unsaturated/α-hetero) is 1. The molecule has 6 rings (SSSR count). The number of hydrogen-bond donors (Lipinski definition) is 0. The summed E-state index contributed by atoms with van der Waals surface area (Å²) in [6, 6.07) is 14.2. The standard InChI is InChI=1S/C25H16Cl2N2O4/c26-14-7-8-17(16(27)12-14)29-24(31)19-20(25(29)32)22(23(30)18-6-3-11-33-18)28-10-9-13-4-1-2-5-15(13)21(19)28/h1-12,19-22H/t19-,20-,21-,22+/m1/s1. The molecule has 4 heterocycles. The molecule has 3 aliphatic heterocycles. The van der Waals surface area contributed by atoms with Crippen molar-refractivity contribution in [1.82, 2.24) is 4.90 Å². The molecule has 8 heteroatoms. The molecule has 0 saturated carbocycles. The highest BCUT2D eigenvalue weighted by Gasteiger charge is 2.65. The van der Waals surface area contributed by atoms with E-state index >= 15 is 0 Å². The molecular weight excluding hydrogens is 463 g/mol. The first kappa shape index (κ1) is 20.3. The van der Waals surface area contributed by atoms with Gasteiger partial charge in [-0.15, -0.1) is 0 Å². The van der Waals surface area contributed by atoms with Gasteiger partial charge in [-0.1, -0.05) is 47.5 Å². The molecule has 33 heavy (non-hydrogen) atoms. The van der Waals surface area contributed by atoms with Gasteiger partial charge in [0.15, 0.2) is 5.76 Å². The fourth-order valence-electron chi connectivity index (χ4n) is 5.32. The number of anilines is 1. The van der Waals surface area contributed by atoms with E-state index in [1.165, 1.54) is 12.3 Å². The highest BCUT2D eigenvalue weighted by Crippen LogP contribution is 2.54. The Hall–Kier alpha value is -3.35. The summed E-state index contributed by atoms with van der Waals surface area (Å²) < 4.78 is 5.37. The summed E-state index contributed by atoms with van der Waals surface area (Å²) >= 11 is 12.4. The van der Waals surface area contributed by atoms with Crippen molar-refractivity contribution in [1.29, 1.82) is 0 Å². The van der Waals surface area contributed by atoms with E-state index in [-0.39, 0.29) is 28.2 Å². The number of carbonyl (C=O) groups is 3. The number of fused-ring (bicyclic) bond motifs is 5. The molecule has 0 aliphatic carbocycles. The fourth-order valence-corrected chi connectivity index (χ4v) is 5.81. The van der Waals surface area contributed by atoms with Crippen LogP contribution in [0, 0.1) is 11.8 Å². The van der Waals surface area contributed by atoms with Crippen LogP contribution in [-0.4, -0.2) is 28.5 Å². The smallest absolute Gasteiger partial charge is 0.240 e. The molecule has 0 unspecified atom stereocenters. The van der Waals surface area contributed by atoms with Crippen LogP contribution in [0.15, 0.2) is 71.5 Å². The predicted molar refractivity (Wildman–Crippen MR) is 123 cm³/mol. The summed E-state index contributed by atoms with van der Waals surface area (Å²) in [6.45, 7) is 0. The lowest BCUT2D eigenvalue weighted by molar-refractivity contribution is -0.123. The second-order valence-corrected chi connectivity index (χ2v) is 9.13. The number of furan rings is 1. The van der Waals surface area contributed by atoms with Crippen LogP contribution in [0.3, 0.4) is 0 Å². The minimum absolute atomic E-state index is 0.148. The van der Waals surface area contributed by atoms with Gasteiger partial charge in [-0.05, 0) is 47.5 Å². The number of hydrogen-bond acceptors (Lipinski definition) is 5. The van der Waals surface area contributed by atoms with E-state index in [0.29, 0.717) is 5.02 Å². The van der Waals surface area contributed by atoms with Crippen molar-refractivity contribution in [3.8, 4) is 0 Å². The molecular formula is C25H16Cl2N2O4. The Kier molecular flexibility index (Phi) is 4.50. The molecule has 2 amide bonds. The van der Waals surface area contributed by atoms with Crippen molar-refractivity contribution in [2.24, 2.45) is 11.8 Å². The first-order chi connectivity index (χ1) is 16.0. The number of imide groups is 1. The normalized spacial score (nSPS) is 25.3. The lowest BCUT2D eigenvalue weighted by Gasteiger charge is -2.35. The quantitative estimate of drug-likeness (QED) is 0.391. The monoisotopic (exact) mass is 478 g/mol. The topological polar surface area (TPSA) is 70.8 Å². The number of nitrogens with zero attached hydrogens (tertiary/aromatic N) is 2. The zero-order chi connectivity index (χ0) is 22.9. The van der Waals surface area contributed by atoms with E-state index in [2.05, 4.69) is 0 Å². The first-order valence-corrected chi connectivity index (χ1v) is 11.2. The molecule has 2 fully saturated rings. The van der Waals surface area contributed by atoms with Gasteiger partial charge in [0, 0.05) is 11.2 Å². The van der Waals surface area contributed by atoms with Gasteiger partial charge in [0.2, 0.25) is 17.6 Å². The molecule has 4 atom stereocenters. The van der Waals surface area contributed by atoms with Crippen LogP contribution in [0.25, 0.3) is 6.08 Å². The molecule has 0 spiro atoms. The molecule has 0 radical (unpaired) electrons. The molecule has 1 aromatic heterocycles. The van der Waals surface area contributed by atoms with Gasteiger partial charge < -0.3 is 9.32 Å². The maximum Gasteiger partial charge on any atom is 0.240 e. The van der Waals surface area contributed by atoms with E-state index in [1.807, 2.05) is 35.2 Å². The third-order valence-corrected chi connectivity index (χ3v) is 7.18. The van der Waals surface area contributed by atoms with E-state index < -0.39 is 29.8 Å². The lowest BCUT2D eigenvalue weighted by Crippen LogP contribution is -2.44. The van der Waals surface area contributed by atoms with Gasteiger partial charge in [0.1, 0.15) is 6.04 Å². The minimum Gasteiger partial charge on any atom is -0.461 e. The molecule has 6 nitrogen and oxygen atoms in total. The van der Waals surface area contributed by atoms with Crippen LogP contribution in [0.1, 0.15) is 27.7 Å². The number of ketones is 1. The summed E-state index contributed by atoms with van der Waals surface area (Å²) in [5.41, 5.74) is 2.11. The second-order valence-electron chi connectivity index (χ2n) is 8.28. The number of benzene rings is 2. The third-order valence-electron chi connectivity index (χ3n) is 6.64. The van der Waals surface area contributed by atoms with Gasteiger partial charge in [0.25, 0.3) is 0 Å². The highest BCUT2D eigenvalue weighted by molar-refractivity contribution is 6.38. The maximum atomic E-state index is 13.8. The molecule has 2 aromatic carbocycles. The average Bonchev–Trinajstić information content (AvgIpc) is 3.51. The number of halogens is 2. The Bertz CT molecular complexity index is 1350. The van der Waals surface area contributed by atoms with Crippen LogP contribution in [0.2, 0.25) is 10.0 Å². The Morgan fingerprint density at radius 2 is 1.73 bits per heavy atom. The van der Waals surface area contributed by atoms with E-state index in [0.717, 1.165) is 16.0 Å². The van der Waals surface area contributed by atoms with Gasteiger partial charge in [0.05, 0.1) is 34.9 Å². The third kappa shape index (κ3) is 2.84. The molecule has 3 aliphatic rings. The van der Waals surface area contributed by atoms with Crippen LogP contribution in [0.5, 0.6) is 0 Å². The van der Waals surface area contributed by atoms with Gasteiger partial charge >= 0.3 is 0 Å². The lowest BCUT2D eigenvalue weighted by atomic mass is 9.84. The summed E-state index contributed by atoms with van der Waals surface area (Å²) in [4.78, 5) is 44.0. The Morgan fingerprint density at radius 1 is 0.939 bits per heavy atom. The van der Waals surface area contributed by atoms with Crippen molar-refractivity contribution in [3.63, 3.8) is 0 Å². The van der Waals surface area contributed by atoms with Crippen LogP contribution in [0.4, 0.5) is 5.69 Å². The zero-order valence-electron chi connectivity index (χ0n) is 17.0. The Morgan fingerprint density at radius 3 is 2.48 bits per heavy atom. The van der Waals surface area contributed by atoms with E-state index in [9.17, 15) is 14.4 Å². The van der Waals surface area contributed by atoms with Gasteiger partial charge in [-0.25, -0.2) is 4.90 Å². The Balaban J connectivity index is 1.51. The van der Waals surface area contributed by atoms with Gasteiger partial charge in [-0.2, -0.15) is 0 Å². The van der Waals surface area contributed by atoms with E-state index in [4.69, 9.17) is 27.6 Å². The molecule has 2 saturated heterocycles. The maximum absolute atomic E-state index is 13.8. The molecule has 0 N–H and O–H groups in total.